The van der Waals surface area contributed by atoms with Crippen molar-refractivity contribution in [2.24, 2.45) is 0 Å². The molecule has 1 N–H and O–H groups in total. The number of aromatic nitrogens is 1. The van der Waals surface area contributed by atoms with E-state index in [1.807, 2.05) is 37.3 Å². The number of aryl methyl sites for hydroxylation is 1. The Morgan fingerprint density at radius 3 is 2.85 bits per heavy atom. The summed E-state index contributed by atoms with van der Waals surface area (Å²) < 4.78 is 0. The summed E-state index contributed by atoms with van der Waals surface area (Å²) in [4.78, 5) is 19.0. The fourth-order valence-electron chi connectivity index (χ4n) is 3.18. The van der Waals surface area contributed by atoms with Crippen molar-refractivity contribution in [2.75, 3.05) is 16.8 Å². The average molecular weight is 364 g/mol. The first-order chi connectivity index (χ1) is 12.6. The van der Waals surface area contributed by atoms with Crippen molar-refractivity contribution in [1.82, 2.24) is 4.98 Å². The highest BCUT2D eigenvalue weighted by atomic mass is 35.5. The Labute approximate surface area is 157 Å². The first-order valence-corrected chi connectivity index (χ1v) is 8.88. The van der Waals surface area contributed by atoms with E-state index in [2.05, 4.69) is 33.4 Å². The Hall–Kier alpha value is -2.85. The Morgan fingerprint density at radius 2 is 2.00 bits per heavy atom. The van der Waals surface area contributed by atoms with Gasteiger partial charge in [-0.25, -0.2) is 0 Å². The Kier molecular flexibility index (Phi) is 4.35. The van der Waals surface area contributed by atoms with E-state index < -0.39 is 0 Å². The molecular formula is C21H18ClN3O. The van der Waals surface area contributed by atoms with Crippen molar-refractivity contribution in [3.05, 3.63) is 82.6 Å². The lowest BCUT2D eigenvalue weighted by Gasteiger charge is -2.20. The van der Waals surface area contributed by atoms with Gasteiger partial charge in [0, 0.05) is 34.8 Å². The molecule has 3 aromatic rings. The molecule has 0 bridgehead atoms. The van der Waals surface area contributed by atoms with Gasteiger partial charge in [-0.3, -0.25) is 9.78 Å². The lowest BCUT2D eigenvalue weighted by atomic mass is 10.2. The molecule has 1 amide bonds. The maximum atomic E-state index is 12.6. The van der Waals surface area contributed by atoms with Gasteiger partial charge in [-0.1, -0.05) is 35.9 Å². The molecule has 0 saturated carbocycles. The normalized spacial score (nSPS) is 12.8. The number of halogens is 1. The number of hydrogen-bond donors (Lipinski definition) is 1. The molecular weight excluding hydrogens is 346 g/mol. The Morgan fingerprint density at radius 1 is 1.15 bits per heavy atom. The highest BCUT2D eigenvalue weighted by Crippen LogP contribution is 2.34. The molecule has 26 heavy (non-hydrogen) atoms. The van der Waals surface area contributed by atoms with Gasteiger partial charge < -0.3 is 10.2 Å². The summed E-state index contributed by atoms with van der Waals surface area (Å²) >= 11 is 6.13. The predicted molar refractivity (Wildman–Crippen MR) is 106 cm³/mol. The van der Waals surface area contributed by atoms with E-state index in [-0.39, 0.29) is 5.91 Å². The third kappa shape index (κ3) is 3.16. The largest absolute Gasteiger partial charge is 0.341 e. The fraction of sp³-hybridized carbons (Fsp3) is 0.143. The number of anilines is 3. The molecule has 4 nitrogen and oxygen atoms in total. The molecule has 0 fully saturated rings. The highest BCUT2D eigenvalue weighted by Gasteiger charge is 2.21. The van der Waals surface area contributed by atoms with Crippen molar-refractivity contribution in [2.45, 2.75) is 13.3 Å². The standard InChI is InChI=1S/C21H18ClN3O/c1-14-6-7-16(12-18(14)22)24-21(26)19-13-17(8-10-23-19)25-11-9-15-4-2-3-5-20(15)25/h2-8,10,12-13H,9,11H2,1H3,(H,24,26). The summed E-state index contributed by atoms with van der Waals surface area (Å²) in [6.07, 6.45) is 2.68. The molecule has 4 rings (SSSR count). The van der Waals surface area contributed by atoms with Gasteiger partial charge in [0.05, 0.1) is 0 Å². The lowest BCUT2D eigenvalue weighted by molar-refractivity contribution is 0.102. The first-order valence-electron chi connectivity index (χ1n) is 8.51. The third-order valence-electron chi connectivity index (χ3n) is 4.60. The molecule has 1 aromatic heterocycles. The second-order valence-corrected chi connectivity index (χ2v) is 6.75. The van der Waals surface area contributed by atoms with E-state index >= 15 is 0 Å². The molecule has 2 heterocycles. The number of nitrogens with one attached hydrogen (secondary N) is 1. The van der Waals surface area contributed by atoms with Crippen LogP contribution >= 0.6 is 11.6 Å². The van der Waals surface area contributed by atoms with Crippen LogP contribution < -0.4 is 10.2 Å². The van der Waals surface area contributed by atoms with E-state index in [0.29, 0.717) is 16.4 Å². The van der Waals surface area contributed by atoms with Gasteiger partial charge >= 0.3 is 0 Å². The van der Waals surface area contributed by atoms with Gasteiger partial charge in [-0.15, -0.1) is 0 Å². The van der Waals surface area contributed by atoms with E-state index in [9.17, 15) is 4.79 Å². The molecule has 0 atom stereocenters. The number of fused-ring (bicyclic) bond motifs is 1. The van der Waals surface area contributed by atoms with Crippen molar-refractivity contribution >= 4 is 34.6 Å². The summed E-state index contributed by atoms with van der Waals surface area (Å²) in [6.45, 7) is 2.82. The molecule has 0 unspecified atom stereocenters. The zero-order valence-corrected chi connectivity index (χ0v) is 15.1. The molecule has 1 aliphatic heterocycles. The number of nitrogens with zero attached hydrogens (tertiary/aromatic N) is 2. The average Bonchev–Trinajstić information content (AvgIpc) is 3.09. The molecule has 0 aliphatic carbocycles. The van der Waals surface area contributed by atoms with Crippen LogP contribution in [0.15, 0.2) is 60.8 Å². The number of carbonyl (C=O) groups excluding carboxylic acids is 1. The summed E-state index contributed by atoms with van der Waals surface area (Å²) in [7, 11) is 0. The first kappa shape index (κ1) is 16.6. The van der Waals surface area contributed by atoms with Crippen molar-refractivity contribution < 1.29 is 4.79 Å². The number of rotatable bonds is 3. The van der Waals surface area contributed by atoms with Crippen LogP contribution in [0.1, 0.15) is 21.6 Å². The summed E-state index contributed by atoms with van der Waals surface area (Å²) in [5.41, 5.74) is 5.49. The van der Waals surface area contributed by atoms with Crippen molar-refractivity contribution in [1.29, 1.82) is 0 Å². The van der Waals surface area contributed by atoms with Crippen LogP contribution in [-0.2, 0) is 6.42 Å². The van der Waals surface area contributed by atoms with Crippen LogP contribution in [0.5, 0.6) is 0 Å². The van der Waals surface area contributed by atoms with Gasteiger partial charge in [0.2, 0.25) is 0 Å². The second kappa shape index (κ2) is 6.81. The van der Waals surface area contributed by atoms with Crippen LogP contribution in [0.25, 0.3) is 0 Å². The SMILES string of the molecule is Cc1ccc(NC(=O)c2cc(N3CCc4ccccc43)ccn2)cc1Cl. The van der Waals surface area contributed by atoms with Gasteiger partial charge in [-0.2, -0.15) is 0 Å². The number of carbonyl (C=O) groups is 1. The van der Waals surface area contributed by atoms with Gasteiger partial charge in [0.25, 0.3) is 5.91 Å². The zero-order chi connectivity index (χ0) is 18.1. The number of amides is 1. The quantitative estimate of drug-likeness (QED) is 0.713. The topological polar surface area (TPSA) is 45.2 Å². The van der Waals surface area contributed by atoms with E-state index in [4.69, 9.17) is 11.6 Å². The molecule has 1 aliphatic rings. The Bertz CT molecular complexity index is 986. The van der Waals surface area contributed by atoms with Crippen molar-refractivity contribution in [3.8, 4) is 0 Å². The summed E-state index contributed by atoms with van der Waals surface area (Å²) in [5.74, 6) is -0.251. The van der Waals surface area contributed by atoms with Crippen LogP contribution in [-0.4, -0.2) is 17.4 Å². The van der Waals surface area contributed by atoms with Gasteiger partial charge in [0.1, 0.15) is 5.69 Å². The Balaban J connectivity index is 1.58. The van der Waals surface area contributed by atoms with Crippen LogP contribution in [0.3, 0.4) is 0 Å². The van der Waals surface area contributed by atoms with E-state index in [1.54, 1.807) is 12.3 Å². The molecule has 5 heteroatoms. The monoisotopic (exact) mass is 363 g/mol. The summed E-state index contributed by atoms with van der Waals surface area (Å²) in [6, 6.07) is 17.6. The smallest absolute Gasteiger partial charge is 0.274 e. The third-order valence-corrected chi connectivity index (χ3v) is 5.01. The second-order valence-electron chi connectivity index (χ2n) is 6.35. The molecule has 0 saturated heterocycles. The maximum Gasteiger partial charge on any atom is 0.274 e. The highest BCUT2D eigenvalue weighted by molar-refractivity contribution is 6.31. The minimum absolute atomic E-state index is 0.251. The number of benzene rings is 2. The van der Waals surface area contributed by atoms with Gasteiger partial charge in [-0.05, 0) is 54.8 Å². The molecule has 2 aromatic carbocycles. The fourth-order valence-corrected chi connectivity index (χ4v) is 3.36. The number of para-hydroxylation sites is 1. The van der Waals surface area contributed by atoms with Crippen LogP contribution in [0, 0.1) is 6.92 Å². The number of hydrogen-bond acceptors (Lipinski definition) is 3. The van der Waals surface area contributed by atoms with Gasteiger partial charge in [0.15, 0.2) is 0 Å². The molecule has 0 radical (unpaired) electrons. The van der Waals surface area contributed by atoms with Crippen LogP contribution in [0.4, 0.5) is 17.1 Å². The minimum atomic E-state index is -0.251. The van der Waals surface area contributed by atoms with E-state index in [0.717, 1.165) is 24.2 Å². The zero-order valence-electron chi connectivity index (χ0n) is 14.4. The van der Waals surface area contributed by atoms with E-state index in [1.165, 1.54) is 11.3 Å². The lowest BCUT2D eigenvalue weighted by Crippen LogP contribution is -2.17. The number of pyridine rings is 1. The van der Waals surface area contributed by atoms with Crippen LogP contribution in [0.2, 0.25) is 5.02 Å². The molecule has 0 spiro atoms. The minimum Gasteiger partial charge on any atom is -0.341 e. The predicted octanol–water partition coefficient (Wildman–Crippen LogP) is 4.99. The van der Waals surface area contributed by atoms with Crippen molar-refractivity contribution in [3.63, 3.8) is 0 Å². The summed E-state index contributed by atoms with van der Waals surface area (Å²) in [5, 5.41) is 3.48. The maximum absolute atomic E-state index is 12.6. The molecule has 130 valence electrons.